The summed E-state index contributed by atoms with van der Waals surface area (Å²) in [6.45, 7) is 1.44. The first kappa shape index (κ1) is 8.33. The van der Waals surface area contributed by atoms with Crippen molar-refractivity contribution in [3.05, 3.63) is 0 Å². The van der Waals surface area contributed by atoms with Gasteiger partial charge in [0.1, 0.15) is 0 Å². The zero-order chi connectivity index (χ0) is 8.27. The van der Waals surface area contributed by atoms with Gasteiger partial charge in [-0.05, 0) is 25.8 Å². The van der Waals surface area contributed by atoms with Gasteiger partial charge in [-0.2, -0.15) is 0 Å². The zero-order valence-corrected chi connectivity index (χ0v) is 6.62. The van der Waals surface area contributed by atoms with Crippen molar-refractivity contribution in [2.45, 2.75) is 25.3 Å². The van der Waals surface area contributed by atoms with Crippen LogP contribution < -0.4 is 11.5 Å². The molecule has 0 aromatic carbocycles. The van der Waals surface area contributed by atoms with E-state index in [-0.39, 0.29) is 6.03 Å². The third-order valence-corrected chi connectivity index (χ3v) is 2.16. The van der Waals surface area contributed by atoms with Crippen LogP contribution in [0.2, 0.25) is 0 Å². The molecule has 0 aromatic heterocycles. The monoisotopic (exact) mass is 157 g/mol. The molecule has 11 heavy (non-hydrogen) atoms. The van der Waals surface area contributed by atoms with Crippen molar-refractivity contribution in [2.24, 2.45) is 11.5 Å². The Morgan fingerprint density at radius 2 is 2.36 bits per heavy atom. The third kappa shape index (κ3) is 1.83. The summed E-state index contributed by atoms with van der Waals surface area (Å²) in [5, 5.41) is 0. The number of carbonyl (C=O) groups excluding carboxylic acids is 1. The van der Waals surface area contributed by atoms with Crippen molar-refractivity contribution in [3.8, 4) is 0 Å². The Balaban J connectivity index is 2.44. The number of likely N-dealkylation sites (tertiary alicyclic amines) is 1. The van der Waals surface area contributed by atoms with E-state index >= 15 is 0 Å². The van der Waals surface area contributed by atoms with E-state index in [0.29, 0.717) is 12.6 Å². The average Bonchev–Trinajstić information content (AvgIpc) is 2.36. The normalized spacial score (nSPS) is 24.1. The Morgan fingerprint density at radius 3 is 2.91 bits per heavy atom. The lowest BCUT2D eigenvalue weighted by Crippen LogP contribution is -2.40. The molecule has 1 aliphatic rings. The molecular formula is C7H15N3O. The molecule has 0 saturated carbocycles. The second-order valence-electron chi connectivity index (χ2n) is 2.91. The van der Waals surface area contributed by atoms with E-state index in [1.165, 1.54) is 0 Å². The number of nitrogens with zero attached hydrogens (tertiary/aromatic N) is 1. The second kappa shape index (κ2) is 3.57. The lowest BCUT2D eigenvalue weighted by molar-refractivity contribution is 0.200. The van der Waals surface area contributed by atoms with E-state index in [9.17, 15) is 4.79 Å². The van der Waals surface area contributed by atoms with Gasteiger partial charge < -0.3 is 16.4 Å². The van der Waals surface area contributed by atoms with E-state index in [0.717, 1.165) is 25.8 Å². The van der Waals surface area contributed by atoms with Crippen molar-refractivity contribution in [1.29, 1.82) is 0 Å². The molecule has 0 spiro atoms. The summed E-state index contributed by atoms with van der Waals surface area (Å²) in [6.07, 6.45) is 3.00. The first-order chi connectivity index (χ1) is 5.25. The quantitative estimate of drug-likeness (QED) is 0.586. The fraction of sp³-hybridized carbons (Fsp3) is 0.857. The van der Waals surface area contributed by atoms with E-state index in [1.54, 1.807) is 4.90 Å². The van der Waals surface area contributed by atoms with E-state index < -0.39 is 0 Å². The molecule has 0 radical (unpaired) electrons. The Kier molecular flexibility index (Phi) is 2.70. The van der Waals surface area contributed by atoms with E-state index in [4.69, 9.17) is 11.5 Å². The molecule has 0 aromatic rings. The average molecular weight is 157 g/mol. The van der Waals surface area contributed by atoms with Crippen LogP contribution in [0.15, 0.2) is 0 Å². The fourth-order valence-electron chi connectivity index (χ4n) is 1.62. The smallest absolute Gasteiger partial charge is 0.315 e. The summed E-state index contributed by atoms with van der Waals surface area (Å²) in [5.74, 6) is 0. The summed E-state index contributed by atoms with van der Waals surface area (Å²) in [7, 11) is 0. The lowest BCUT2D eigenvalue weighted by Gasteiger charge is -2.21. The first-order valence-corrected chi connectivity index (χ1v) is 4.02. The van der Waals surface area contributed by atoms with Crippen molar-refractivity contribution in [1.82, 2.24) is 4.90 Å². The van der Waals surface area contributed by atoms with Gasteiger partial charge in [-0.3, -0.25) is 0 Å². The fourth-order valence-corrected chi connectivity index (χ4v) is 1.62. The number of primary amides is 1. The maximum atomic E-state index is 10.8. The Hall–Kier alpha value is -0.770. The molecule has 1 heterocycles. The number of urea groups is 1. The van der Waals surface area contributed by atoms with Gasteiger partial charge in [0, 0.05) is 12.6 Å². The van der Waals surface area contributed by atoms with Crippen LogP contribution in [0.3, 0.4) is 0 Å². The Bertz CT molecular complexity index is 149. The van der Waals surface area contributed by atoms with E-state index in [1.807, 2.05) is 0 Å². The highest BCUT2D eigenvalue weighted by Gasteiger charge is 2.25. The predicted octanol–water partition coefficient (Wildman–Crippen LogP) is -0.122. The Morgan fingerprint density at radius 1 is 1.64 bits per heavy atom. The number of amides is 2. The molecule has 1 saturated heterocycles. The van der Waals surface area contributed by atoms with Gasteiger partial charge in [0.05, 0.1) is 0 Å². The number of hydrogen-bond donors (Lipinski definition) is 2. The van der Waals surface area contributed by atoms with Crippen molar-refractivity contribution >= 4 is 6.03 Å². The highest BCUT2D eigenvalue weighted by atomic mass is 16.2. The molecular weight excluding hydrogens is 142 g/mol. The molecule has 1 unspecified atom stereocenters. The van der Waals surface area contributed by atoms with Crippen LogP contribution >= 0.6 is 0 Å². The molecule has 4 nitrogen and oxygen atoms in total. The van der Waals surface area contributed by atoms with Crippen LogP contribution in [0.4, 0.5) is 4.79 Å². The van der Waals surface area contributed by atoms with Gasteiger partial charge in [0.25, 0.3) is 0 Å². The van der Waals surface area contributed by atoms with E-state index in [2.05, 4.69) is 0 Å². The molecule has 1 aliphatic heterocycles. The van der Waals surface area contributed by atoms with Crippen LogP contribution in [0, 0.1) is 0 Å². The highest BCUT2D eigenvalue weighted by Crippen LogP contribution is 2.18. The molecule has 1 atom stereocenters. The van der Waals surface area contributed by atoms with Crippen LogP contribution in [-0.2, 0) is 0 Å². The standard InChI is InChI=1S/C7H15N3O/c8-4-3-6-2-1-5-10(6)7(9)11/h6H,1-5,8H2,(H2,9,11). The maximum absolute atomic E-state index is 10.8. The summed E-state index contributed by atoms with van der Waals surface area (Å²) >= 11 is 0. The maximum Gasteiger partial charge on any atom is 0.315 e. The van der Waals surface area contributed by atoms with Gasteiger partial charge in [-0.1, -0.05) is 0 Å². The van der Waals surface area contributed by atoms with Crippen molar-refractivity contribution < 1.29 is 4.79 Å². The van der Waals surface area contributed by atoms with Gasteiger partial charge in [0.15, 0.2) is 0 Å². The zero-order valence-electron chi connectivity index (χ0n) is 6.62. The first-order valence-electron chi connectivity index (χ1n) is 4.02. The Labute approximate surface area is 66.5 Å². The molecule has 4 N–H and O–H groups in total. The minimum Gasteiger partial charge on any atom is -0.351 e. The van der Waals surface area contributed by atoms with Gasteiger partial charge >= 0.3 is 6.03 Å². The minimum atomic E-state index is -0.305. The van der Waals surface area contributed by atoms with Crippen LogP contribution in [0.25, 0.3) is 0 Å². The molecule has 0 bridgehead atoms. The summed E-state index contributed by atoms with van der Waals surface area (Å²) in [6, 6.07) is -0.00144. The van der Waals surface area contributed by atoms with Crippen LogP contribution in [0.1, 0.15) is 19.3 Å². The molecule has 2 amide bonds. The van der Waals surface area contributed by atoms with Crippen LogP contribution in [-0.4, -0.2) is 30.1 Å². The molecule has 1 rings (SSSR count). The number of hydrogen-bond acceptors (Lipinski definition) is 2. The second-order valence-corrected chi connectivity index (χ2v) is 2.91. The van der Waals surface area contributed by atoms with Gasteiger partial charge in [-0.25, -0.2) is 4.79 Å². The van der Waals surface area contributed by atoms with Gasteiger partial charge in [0.2, 0.25) is 0 Å². The third-order valence-electron chi connectivity index (χ3n) is 2.16. The largest absolute Gasteiger partial charge is 0.351 e. The predicted molar refractivity (Wildman–Crippen MR) is 43.0 cm³/mol. The summed E-state index contributed by atoms with van der Waals surface area (Å²) < 4.78 is 0. The molecule has 64 valence electrons. The molecule has 0 aliphatic carbocycles. The number of carbonyl (C=O) groups is 1. The SMILES string of the molecule is NCCC1CCCN1C(N)=O. The van der Waals surface area contributed by atoms with Crippen molar-refractivity contribution in [2.75, 3.05) is 13.1 Å². The van der Waals surface area contributed by atoms with Crippen LogP contribution in [0.5, 0.6) is 0 Å². The molecule has 1 fully saturated rings. The van der Waals surface area contributed by atoms with Gasteiger partial charge in [-0.15, -0.1) is 0 Å². The van der Waals surface area contributed by atoms with Crippen molar-refractivity contribution in [3.63, 3.8) is 0 Å². The number of rotatable bonds is 2. The minimum absolute atomic E-state index is 0.303. The topological polar surface area (TPSA) is 72.3 Å². The number of nitrogens with two attached hydrogens (primary N) is 2. The molecule has 4 heteroatoms. The summed E-state index contributed by atoms with van der Waals surface area (Å²) in [5.41, 5.74) is 10.6. The lowest BCUT2D eigenvalue weighted by atomic mass is 10.1. The highest BCUT2D eigenvalue weighted by molar-refractivity contribution is 5.72. The summed E-state index contributed by atoms with van der Waals surface area (Å²) in [4.78, 5) is 12.5.